The number of hydrogen-bond acceptors (Lipinski definition) is 5. The summed E-state index contributed by atoms with van der Waals surface area (Å²) in [4.78, 5) is 8.73. The number of pyridine rings is 1. The molecule has 0 saturated heterocycles. The predicted octanol–water partition coefficient (Wildman–Crippen LogP) is 4.44. The van der Waals surface area contributed by atoms with Crippen molar-refractivity contribution in [3.05, 3.63) is 78.7 Å². The van der Waals surface area contributed by atoms with Gasteiger partial charge in [0.15, 0.2) is 0 Å². The molecule has 2 aromatic heterocycles. The predicted molar refractivity (Wildman–Crippen MR) is 115 cm³/mol. The molecule has 8 heteroatoms. The van der Waals surface area contributed by atoms with Crippen molar-refractivity contribution in [2.45, 2.75) is 5.16 Å². The molecule has 0 radical (unpaired) electrons. The van der Waals surface area contributed by atoms with Gasteiger partial charge in [-0.25, -0.2) is 22.8 Å². The topological polar surface area (TPSA) is 76.9 Å². The van der Waals surface area contributed by atoms with Crippen LogP contribution in [0.5, 0.6) is 0 Å². The van der Waals surface area contributed by atoms with E-state index in [2.05, 4.69) is 15.3 Å². The van der Waals surface area contributed by atoms with Gasteiger partial charge in [0.2, 0.25) is 15.0 Å². The molecule has 4 rings (SSSR count). The van der Waals surface area contributed by atoms with Gasteiger partial charge in [0.05, 0.1) is 11.4 Å². The van der Waals surface area contributed by atoms with Crippen molar-refractivity contribution in [1.29, 1.82) is 0 Å². The largest absolute Gasteiger partial charge is 0.340 e. The molecular formula is C22H19FN4O2S. The maximum Gasteiger partial charge on any atom is 0.228 e. The summed E-state index contributed by atoms with van der Waals surface area (Å²) in [6.45, 7) is 0. The summed E-state index contributed by atoms with van der Waals surface area (Å²) in [6, 6.07) is 19.0. The molecule has 0 unspecified atom stereocenters. The Morgan fingerprint density at radius 3 is 2.33 bits per heavy atom. The zero-order valence-corrected chi connectivity index (χ0v) is 17.2. The van der Waals surface area contributed by atoms with Crippen LogP contribution in [0.2, 0.25) is 0 Å². The second-order valence-electron chi connectivity index (χ2n) is 6.85. The van der Waals surface area contributed by atoms with Crippen molar-refractivity contribution in [1.82, 2.24) is 14.5 Å². The van der Waals surface area contributed by atoms with E-state index in [-0.39, 0.29) is 11.0 Å². The Bertz CT molecular complexity index is 1300. The lowest BCUT2D eigenvalue weighted by molar-refractivity contribution is 0.585. The van der Waals surface area contributed by atoms with Gasteiger partial charge in [-0.1, -0.05) is 18.2 Å². The van der Waals surface area contributed by atoms with Crippen LogP contribution in [0.4, 0.5) is 15.9 Å². The Balaban J connectivity index is 1.86. The van der Waals surface area contributed by atoms with Crippen LogP contribution in [0.25, 0.3) is 22.5 Å². The van der Waals surface area contributed by atoms with Crippen LogP contribution in [0.15, 0.2) is 78.1 Å². The highest BCUT2D eigenvalue weighted by molar-refractivity contribution is 7.90. The molecule has 2 aromatic carbocycles. The van der Waals surface area contributed by atoms with Crippen LogP contribution in [0.1, 0.15) is 0 Å². The van der Waals surface area contributed by atoms with Crippen molar-refractivity contribution < 1.29 is 12.8 Å². The van der Waals surface area contributed by atoms with Crippen LogP contribution in [0.3, 0.4) is 0 Å². The number of nitrogens with one attached hydrogen (secondary N) is 1. The lowest BCUT2D eigenvalue weighted by atomic mass is 10.1. The first-order chi connectivity index (χ1) is 14.3. The fourth-order valence-corrected chi connectivity index (χ4v) is 4.11. The smallest absolute Gasteiger partial charge is 0.228 e. The highest BCUT2D eigenvalue weighted by Gasteiger charge is 2.23. The number of benzene rings is 2. The number of sulfone groups is 1. The van der Waals surface area contributed by atoms with Gasteiger partial charge >= 0.3 is 0 Å². The fraction of sp³-hybridized carbons (Fsp3) is 0.0909. The first-order valence-electron chi connectivity index (χ1n) is 9.14. The van der Waals surface area contributed by atoms with E-state index in [9.17, 15) is 12.8 Å². The minimum atomic E-state index is -3.57. The van der Waals surface area contributed by atoms with E-state index in [1.807, 2.05) is 36.4 Å². The molecule has 0 amide bonds. The summed E-state index contributed by atoms with van der Waals surface area (Å²) in [5.41, 5.74) is 3.28. The summed E-state index contributed by atoms with van der Waals surface area (Å²) in [5.74, 6) is 0.226. The Kier molecular flexibility index (Phi) is 5.09. The van der Waals surface area contributed by atoms with Gasteiger partial charge < -0.3 is 9.88 Å². The average molecular weight is 422 g/mol. The van der Waals surface area contributed by atoms with Crippen molar-refractivity contribution in [2.24, 2.45) is 7.05 Å². The van der Waals surface area contributed by atoms with Crippen LogP contribution in [-0.4, -0.2) is 29.2 Å². The number of aromatic nitrogens is 3. The Morgan fingerprint density at radius 2 is 1.67 bits per heavy atom. The first-order valence-corrected chi connectivity index (χ1v) is 11.0. The molecule has 0 spiro atoms. The van der Waals surface area contributed by atoms with E-state index in [4.69, 9.17) is 0 Å². The minimum absolute atomic E-state index is 0.0637. The molecule has 0 aliphatic carbocycles. The van der Waals surface area contributed by atoms with Gasteiger partial charge in [-0.2, -0.15) is 0 Å². The van der Waals surface area contributed by atoms with E-state index in [1.54, 1.807) is 31.4 Å². The van der Waals surface area contributed by atoms with Gasteiger partial charge in [0.1, 0.15) is 11.6 Å². The zero-order chi connectivity index (χ0) is 21.3. The number of halogens is 1. The van der Waals surface area contributed by atoms with E-state index in [0.717, 1.165) is 17.5 Å². The average Bonchev–Trinajstić information content (AvgIpc) is 3.07. The molecule has 0 aliphatic rings. The molecule has 6 nitrogen and oxygen atoms in total. The maximum atomic E-state index is 13.4. The molecule has 0 saturated carbocycles. The third-order valence-electron chi connectivity index (χ3n) is 4.58. The quantitative estimate of drug-likeness (QED) is 0.515. The highest BCUT2D eigenvalue weighted by Crippen LogP contribution is 2.34. The second kappa shape index (κ2) is 7.72. The Labute approximate surface area is 174 Å². The number of rotatable bonds is 5. The zero-order valence-electron chi connectivity index (χ0n) is 16.4. The van der Waals surface area contributed by atoms with Gasteiger partial charge in [-0.05, 0) is 48.5 Å². The number of para-hydroxylation sites is 1. The van der Waals surface area contributed by atoms with E-state index in [0.29, 0.717) is 22.8 Å². The molecule has 0 aliphatic heterocycles. The van der Waals surface area contributed by atoms with Crippen LogP contribution >= 0.6 is 0 Å². The van der Waals surface area contributed by atoms with E-state index >= 15 is 0 Å². The number of hydrogen-bond donors (Lipinski definition) is 1. The van der Waals surface area contributed by atoms with Crippen LogP contribution in [0, 0.1) is 5.82 Å². The molecule has 0 bridgehead atoms. The summed E-state index contributed by atoms with van der Waals surface area (Å²) < 4.78 is 39.5. The molecule has 1 N–H and O–H groups in total. The van der Waals surface area contributed by atoms with E-state index in [1.165, 1.54) is 16.7 Å². The second-order valence-corrected chi connectivity index (χ2v) is 8.76. The van der Waals surface area contributed by atoms with Gasteiger partial charge in [0.25, 0.3) is 0 Å². The summed E-state index contributed by atoms with van der Waals surface area (Å²) in [5, 5.41) is 3.16. The molecule has 30 heavy (non-hydrogen) atoms. The summed E-state index contributed by atoms with van der Waals surface area (Å²) in [7, 11) is -1.92. The third-order valence-corrected chi connectivity index (χ3v) is 5.61. The summed E-state index contributed by atoms with van der Waals surface area (Å²) in [6.07, 6.45) is 2.75. The standard InChI is InChI=1S/C22H19FN4O2S/c1-27-21(16-12-13-24-19(14-16)25-18-6-4-3-5-7-18)20(26-22(27)30(2,28)29)15-8-10-17(23)11-9-15/h3-14H,1-2H3,(H,24,25). The van der Waals surface area contributed by atoms with Crippen LogP contribution < -0.4 is 5.32 Å². The summed E-state index contributed by atoms with van der Waals surface area (Å²) >= 11 is 0. The molecule has 152 valence electrons. The van der Waals surface area contributed by atoms with Gasteiger partial charge in [-0.3, -0.25) is 0 Å². The first kappa shape index (κ1) is 19.8. The Hall–Kier alpha value is -3.52. The fourth-order valence-electron chi connectivity index (χ4n) is 3.26. The van der Waals surface area contributed by atoms with Crippen LogP contribution in [-0.2, 0) is 16.9 Å². The lowest BCUT2D eigenvalue weighted by Gasteiger charge is -2.10. The minimum Gasteiger partial charge on any atom is -0.340 e. The third kappa shape index (κ3) is 3.95. The van der Waals surface area contributed by atoms with Crippen molar-refractivity contribution in [3.8, 4) is 22.5 Å². The highest BCUT2D eigenvalue weighted by atomic mass is 32.2. The molecule has 0 atom stereocenters. The Morgan fingerprint density at radius 1 is 0.967 bits per heavy atom. The normalized spacial score (nSPS) is 11.4. The van der Waals surface area contributed by atoms with E-state index < -0.39 is 9.84 Å². The lowest BCUT2D eigenvalue weighted by Crippen LogP contribution is -2.06. The van der Waals surface area contributed by atoms with Gasteiger partial charge in [0, 0.05) is 36.3 Å². The molecular weight excluding hydrogens is 403 g/mol. The molecule has 0 fully saturated rings. The number of nitrogens with zero attached hydrogens (tertiary/aromatic N) is 3. The van der Waals surface area contributed by atoms with Crippen molar-refractivity contribution in [3.63, 3.8) is 0 Å². The molecule has 2 heterocycles. The molecule has 4 aromatic rings. The van der Waals surface area contributed by atoms with Crippen molar-refractivity contribution >= 4 is 21.3 Å². The SMILES string of the molecule is Cn1c(S(C)(=O)=O)nc(-c2ccc(F)cc2)c1-c1ccnc(Nc2ccccc2)c1. The maximum absolute atomic E-state index is 13.4. The number of imidazole rings is 1. The number of anilines is 2. The van der Waals surface area contributed by atoms with Gasteiger partial charge in [-0.15, -0.1) is 0 Å². The van der Waals surface area contributed by atoms with Crippen molar-refractivity contribution in [2.75, 3.05) is 11.6 Å². The monoisotopic (exact) mass is 422 g/mol.